The molecule has 1 aromatic carbocycles. The summed E-state index contributed by atoms with van der Waals surface area (Å²) < 4.78 is 13.2. The topological polar surface area (TPSA) is 98.0 Å². The first-order valence-electron chi connectivity index (χ1n) is 10.1. The minimum atomic E-state index is -1.48. The Kier molecular flexibility index (Phi) is 8.79. The van der Waals surface area contributed by atoms with Crippen molar-refractivity contribution in [2.75, 3.05) is 0 Å². The van der Waals surface area contributed by atoms with Gasteiger partial charge in [0.15, 0.2) is 0 Å². The highest BCUT2D eigenvalue weighted by Gasteiger charge is 2.39. The first-order chi connectivity index (χ1) is 14.2. The second-order valence-electron chi connectivity index (χ2n) is 7.87. The van der Waals surface area contributed by atoms with Gasteiger partial charge in [-0.05, 0) is 56.4 Å². The highest BCUT2D eigenvalue weighted by atomic mass is 19.1. The molecule has 30 heavy (non-hydrogen) atoms. The van der Waals surface area contributed by atoms with Crippen molar-refractivity contribution < 1.29 is 29.6 Å². The zero-order valence-electron chi connectivity index (χ0n) is 17.0. The van der Waals surface area contributed by atoms with Gasteiger partial charge < -0.3 is 20.4 Å². The number of allylic oxidation sites excluding steroid dienone is 2. The standard InChI is InChI=1S/C24H29FO5/c1-24(30,13-11-17-7-6-8-18(25)15-17)14-12-20-19(21(26)16-22(20)27)9-4-2-3-5-10-23(28)29/h2,4,6-8,12,14-15,19-22,26-27,30H,3,5,9-10,16H2,1H3,(H,28,29)/b4-2-,14-12+/t19-,20-,21+,22-,24?/m1/s1. The van der Waals surface area contributed by atoms with Crippen molar-refractivity contribution >= 4 is 5.97 Å². The number of aliphatic carboxylic acids is 1. The maximum absolute atomic E-state index is 13.2. The number of rotatable bonds is 8. The van der Waals surface area contributed by atoms with Gasteiger partial charge in [0, 0.05) is 24.3 Å². The van der Waals surface area contributed by atoms with Crippen LogP contribution in [-0.2, 0) is 4.79 Å². The Morgan fingerprint density at radius 2 is 2.07 bits per heavy atom. The van der Waals surface area contributed by atoms with Gasteiger partial charge in [-0.1, -0.05) is 36.1 Å². The van der Waals surface area contributed by atoms with E-state index in [1.54, 1.807) is 18.2 Å². The van der Waals surface area contributed by atoms with Crippen molar-refractivity contribution in [1.82, 2.24) is 0 Å². The number of carbonyl (C=O) groups is 1. The fraction of sp³-hybridized carbons (Fsp3) is 0.458. The van der Waals surface area contributed by atoms with Gasteiger partial charge in [-0.2, -0.15) is 0 Å². The number of unbranched alkanes of at least 4 members (excludes halogenated alkanes) is 1. The van der Waals surface area contributed by atoms with E-state index in [9.17, 15) is 24.5 Å². The lowest BCUT2D eigenvalue weighted by molar-refractivity contribution is -0.137. The fourth-order valence-electron chi connectivity index (χ4n) is 3.55. The number of aliphatic hydroxyl groups is 3. The van der Waals surface area contributed by atoms with E-state index in [1.807, 2.05) is 12.2 Å². The van der Waals surface area contributed by atoms with Crippen molar-refractivity contribution in [2.24, 2.45) is 11.8 Å². The number of carboxylic acid groups (broad SMARTS) is 1. The maximum atomic E-state index is 13.2. The molecular weight excluding hydrogens is 387 g/mol. The SMILES string of the molecule is CC(O)(C#Cc1cccc(F)c1)/C=C/[C@@H]1[C@@H](C/C=C\CCCC(=O)O)[C@@H](O)C[C@H]1O. The number of hydrogen-bond acceptors (Lipinski definition) is 4. The molecule has 0 bridgehead atoms. The van der Waals surface area contributed by atoms with E-state index < -0.39 is 29.6 Å². The van der Waals surface area contributed by atoms with Crippen molar-refractivity contribution in [3.05, 3.63) is 60.0 Å². The van der Waals surface area contributed by atoms with Crippen molar-refractivity contribution in [2.45, 2.75) is 56.8 Å². The predicted molar refractivity (Wildman–Crippen MR) is 112 cm³/mol. The third kappa shape index (κ3) is 7.75. The molecule has 0 amide bonds. The molecule has 5 atom stereocenters. The highest BCUT2D eigenvalue weighted by molar-refractivity contribution is 5.66. The molecule has 4 N–H and O–H groups in total. The number of hydrogen-bond donors (Lipinski definition) is 4. The van der Waals surface area contributed by atoms with E-state index in [2.05, 4.69) is 11.8 Å². The van der Waals surface area contributed by atoms with Crippen LogP contribution in [0.4, 0.5) is 4.39 Å². The summed E-state index contributed by atoms with van der Waals surface area (Å²) in [6.45, 7) is 1.50. The second-order valence-corrected chi connectivity index (χ2v) is 7.87. The molecule has 162 valence electrons. The molecule has 5 nitrogen and oxygen atoms in total. The van der Waals surface area contributed by atoms with Gasteiger partial charge >= 0.3 is 5.97 Å². The molecular formula is C24H29FO5. The van der Waals surface area contributed by atoms with E-state index in [4.69, 9.17) is 5.11 Å². The van der Waals surface area contributed by atoms with Crippen LogP contribution in [0.5, 0.6) is 0 Å². The average molecular weight is 416 g/mol. The first-order valence-corrected chi connectivity index (χ1v) is 10.1. The largest absolute Gasteiger partial charge is 0.481 e. The van der Waals surface area contributed by atoms with E-state index >= 15 is 0 Å². The molecule has 1 aromatic rings. The van der Waals surface area contributed by atoms with Gasteiger partial charge in [-0.3, -0.25) is 4.79 Å². The Morgan fingerprint density at radius 1 is 1.30 bits per heavy atom. The minimum absolute atomic E-state index is 0.117. The summed E-state index contributed by atoms with van der Waals surface area (Å²) in [5.74, 6) is 3.65. The smallest absolute Gasteiger partial charge is 0.303 e. The molecule has 0 spiro atoms. The molecule has 0 aromatic heterocycles. The summed E-state index contributed by atoms with van der Waals surface area (Å²) in [6, 6.07) is 5.78. The predicted octanol–water partition coefficient (Wildman–Crippen LogP) is 3.04. The molecule has 1 saturated carbocycles. The third-order valence-electron chi connectivity index (χ3n) is 5.18. The number of benzene rings is 1. The van der Waals surface area contributed by atoms with Crippen LogP contribution in [0.3, 0.4) is 0 Å². The zero-order valence-corrected chi connectivity index (χ0v) is 17.0. The van der Waals surface area contributed by atoms with Gasteiger partial charge in [-0.25, -0.2) is 4.39 Å². The quantitative estimate of drug-likeness (QED) is 0.297. The van der Waals surface area contributed by atoms with E-state index in [0.717, 1.165) is 0 Å². The molecule has 0 aliphatic heterocycles. The lowest BCUT2D eigenvalue weighted by Gasteiger charge is -2.20. The van der Waals surface area contributed by atoms with E-state index in [1.165, 1.54) is 25.1 Å². The summed E-state index contributed by atoms with van der Waals surface area (Å²) in [5.41, 5.74) is -1.03. The molecule has 1 unspecified atom stereocenters. The maximum Gasteiger partial charge on any atom is 0.303 e. The Hall–Kier alpha value is -2.46. The van der Waals surface area contributed by atoms with Crippen molar-refractivity contribution in [1.29, 1.82) is 0 Å². The van der Waals surface area contributed by atoms with Crippen LogP contribution in [0, 0.1) is 29.5 Å². The lowest BCUT2D eigenvalue weighted by Crippen LogP contribution is -2.23. The Balaban J connectivity index is 2.00. The van der Waals surface area contributed by atoms with Gasteiger partial charge in [0.05, 0.1) is 12.2 Å². The molecule has 0 heterocycles. The second kappa shape index (κ2) is 11.1. The lowest BCUT2D eigenvalue weighted by atomic mass is 9.88. The van der Waals surface area contributed by atoms with Gasteiger partial charge in [-0.15, -0.1) is 0 Å². The van der Waals surface area contributed by atoms with Crippen LogP contribution in [0.2, 0.25) is 0 Å². The van der Waals surface area contributed by atoms with Gasteiger partial charge in [0.2, 0.25) is 0 Å². The minimum Gasteiger partial charge on any atom is -0.481 e. The van der Waals surface area contributed by atoms with Crippen LogP contribution < -0.4 is 0 Å². The van der Waals surface area contributed by atoms with Crippen molar-refractivity contribution in [3.63, 3.8) is 0 Å². The molecule has 1 aliphatic rings. The van der Waals surface area contributed by atoms with Crippen LogP contribution >= 0.6 is 0 Å². The van der Waals surface area contributed by atoms with Crippen LogP contribution in [0.25, 0.3) is 0 Å². The summed E-state index contributed by atoms with van der Waals surface area (Å²) in [6.07, 6.45) is 7.68. The molecule has 6 heteroatoms. The fourth-order valence-corrected chi connectivity index (χ4v) is 3.55. The zero-order chi connectivity index (χ0) is 22.1. The van der Waals surface area contributed by atoms with Crippen molar-refractivity contribution in [3.8, 4) is 11.8 Å². The van der Waals surface area contributed by atoms with Crippen LogP contribution in [0.1, 0.15) is 44.6 Å². The summed E-state index contributed by atoms with van der Waals surface area (Å²) in [7, 11) is 0. The third-order valence-corrected chi connectivity index (χ3v) is 5.18. The highest BCUT2D eigenvalue weighted by Crippen LogP contribution is 2.36. The molecule has 0 radical (unpaired) electrons. The number of aliphatic hydroxyl groups excluding tert-OH is 2. The first kappa shape index (κ1) is 23.8. The van der Waals surface area contributed by atoms with Gasteiger partial charge in [0.1, 0.15) is 11.4 Å². The van der Waals surface area contributed by atoms with Gasteiger partial charge in [0.25, 0.3) is 0 Å². The Bertz CT molecular complexity index is 833. The Labute approximate surface area is 176 Å². The van der Waals surface area contributed by atoms with Crippen LogP contribution in [-0.4, -0.2) is 44.2 Å². The Morgan fingerprint density at radius 3 is 2.77 bits per heavy atom. The van der Waals surface area contributed by atoms with E-state index in [0.29, 0.717) is 24.8 Å². The summed E-state index contributed by atoms with van der Waals surface area (Å²) in [5, 5.41) is 39.7. The summed E-state index contributed by atoms with van der Waals surface area (Å²) in [4.78, 5) is 10.5. The normalized spacial score (nSPS) is 25.9. The van der Waals surface area contributed by atoms with E-state index in [-0.39, 0.29) is 24.7 Å². The molecule has 1 aliphatic carbocycles. The molecule has 2 rings (SSSR count). The van der Waals surface area contributed by atoms with Crippen LogP contribution in [0.15, 0.2) is 48.6 Å². The number of halogens is 1. The average Bonchev–Trinajstić information content (AvgIpc) is 2.94. The monoisotopic (exact) mass is 416 g/mol. The molecule has 0 saturated heterocycles. The summed E-state index contributed by atoms with van der Waals surface area (Å²) >= 11 is 0. The molecule has 1 fully saturated rings. The number of carboxylic acids is 1.